The molecule has 1 atom stereocenters. The van der Waals surface area contributed by atoms with Crippen LogP contribution in [0.2, 0.25) is 0 Å². The molecule has 1 saturated heterocycles. The Labute approximate surface area is 232 Å². The third kappa shape index (κ3) is 5.02. The largest absolute Gasteiger partial charge is 0.416 e. The van der Waals surface area contributed by atoms with Crippen LogP contribution in [0.3, 0.4) is 0 Å². The van der Waals surface area contributed by atoms with Gasteiger partial charge in [-0.3, -0.25) is 0 Å². The van der Waals surface area contributed by atoms with Crippen molar-refractivity contribution in [3.8, 4) is 0 Å². The van der Waals surface area contributed by atoms with Crippen molar-refractivity contribution >= 4 is 34.1 Å². The van der Waals surface area contributed by atoms with E-state index in [0.29, 0.717) is 12.0 Å². The maximum absolute atomic E-state index is 7.32. The van der Waals surface area contributed by atoms with E-state index in [1.165, 1.54) is 70.2 Å². The molecule has 5 aromatic carbocycles. The molecule has 1 aliphatic heterocycles. The normalized spacial score (nSPS) is 19.6. The first kappa shape index (κ1) is 24.6. The minimum Gasteiger partial charge on any atom is -0.410 e. The number of hydrogen-bond donors (Lipinski definition) is 1. The monoisotopic (exact) mass is 509 g/mol. The van der Waals surface area contributed by atoms with Gasteiger partial charge >= 0.3 is 7.05 Å². The van der Waals surface area contributed by atoms with E-state index in [1.54, 1.807) is 0 Å². The number of fused-ring (bicyclic) bond motifs is 2. The molecule has 2 aliphatic rings. The highest BCUT2D eigenvalue weighted by Crippen LogP contribution is 2.41. The van der Waals surface area contributed by atoms with E-state index in [9.17, 15) is 0 Å². The van der Waals surface area contributed by atoms with Gasteiger partial charge in [0.05, 0.1) is 5.60 Å². The first-order chi connectivity index (χ1) is 19.3. The molecule has 7 rings (SSSR count). The van der Waals surface area contributed by atoms with Gasteiger partial charge in [0.15, 0.2) is 0 Å². The number of benzene rings is 5. The zero-order valence-corrected chi connectivity index (χ0v) is 22.6. The van der Waals surface area contributed by atoms with Gasteiger partial charge in [-0.15, -0.1) is 0 Å². The van der Waals surface area contributed by atoms with E-state index in [1.807, 2.05) is 0 Å². The summed E-state index contributed by atoms with van der Waals surface area (Å²) < 4.78 is 7.32. The Morgan fingerprint density at radius 1 is 0.615 bits per heavy atom. The van der Waals surface area contributed by atoms with Gasteiger partial charge in [-0.1, -0.05) is 135 Å². The van der Waals surface area contributed by atoms with Crippen molar-refractivity contribution in [2.75, 3.05) is 0 Å². The SMILES string of the molecule is c1ccc(B2NC(C3CCCCC3)C(Cc3ccc4ccccc4c3)(Cc3ccc4ccccc4c3)O2)cc1. The zero-order chi connectivity index (χ0) is 26.1. The lowest BCUT2D eigenvalue weighted by atomic mass is 9.71. The second-order valence-corrected chi connectivity index (χ2v) is 11.7. The predicted octanol–water partition coefficient (Wildman–Crippen LogP) is 7.48. The van der Waals surface area contributed by atoms with Crippen molar-refractivity contribution in [3.05, 3.63) is 126 Å². The van der Waals surface area contributed by atoms with Crippen LogP contribution in [0, 0.1) is 5.92 Å². The van der Waals surface area contributed by atoms with Gasteiger partial charge in [-0.25, -0.2) is 0 Å². The number of hydrogen-bond acceptors (Lipinski definition) is 2. The van der Waals surface area contributed by atoms with Crippen molar-refractivity contribution in [2.45, 2.75) is 56.6 Å². The van der Waals surface area contributed by atoms with Crippen molar-refractivity contribution in [1.29, 1.82) is 0 Å². The molecule has 0 amide bonds. The van der Waals surface area contributed by atoms with Crippen LogP contribution in [-0.4, -0.2) is 18.7 Å². The molecule has 1 heterocycles. The van der Waals surface area contributed by atoms with Crippen LogP contribution >= 0.6 is 0 Å². The predicted molar refractivity (Wildman–Crippen MR) is 164 cm³/mol. The van der Waals surface area contributed by atoms with E-state index in [4.69, 9.17) is 4.65 Å². The van der Waals surface area contributed by atoms with E-state index >= 15 is 0 Å². The second kappa shape index (κ2) is 10.6. The molecule has 1 aliphatic carbocycles. The summed E-state index contributed by atoms with van der Waals surface area (Å²) in [6, 6.07) is 42.4. The van der Waals surface area contributed by atoms with Crippen LogP contribution in [0.25, 0.3) is 21.5 Å². The summed E-state index contributed by atoms with van der Waals surface area (Å²) in [6.45, 7) is 0. The summed E-state index contributed by atoms with van der Waals surface area (Å²) in [6.07, 6.45) is 8.33. The summed E-state index contributed by atoms with van der Waals surface area (Å²) in [7, 11) is -0.0981. The average molecular weight is 510 g/mol. The zero-order valence-electron chi connectivity index (χ0n) is 22.6. The Bertz CT molecular complexity index is 1490. The van der Waals surface area contributed by atoms with Gasteiger partial charge in [0.25, 0.3) is 0 Å². The van der Waals surface area contributed by atoms with Crippen LogP contribution < -0.4 is 10.7 Å². The molecule has 3 heteroatoms. The molecule has 2 fully saturated rings. The van der Waals surface area contributed by atoms with E-state index in [-0.39, 0.29) is 12.7 Å². The smallest absolute Gasteiger partial charge is 0.410 e. The Morgan fingerprint density at radius 2 is 1.15 bits per heavy atom. The lowest BCUT2D eigenvalue weighted by molar-refractivity contribution is 0.0418. The standard InChI is InChI=1S/C36H36BNO/c1-3-13-31(14-4-1)35-36(39-37(38-35)34-17-5-2-6-18-34,25-27-19-21-29-11-7-9-15-32(29)23-27)26-28-20-22-30-12-8-10-16-33(30)24-28/h2,5-12,15-24,31,35,38H,1,3-4,13-14,25-26H2. The van der Waals surface area contributed by atoms with Crippen molar-refractivity contribution in [2.24, 2.45) is 5.92 Å². The van der Waals surface area contributed by atoms with Gasteiger partial charge in [0, 0.05) is 18.9 Å². The molecular formula is C36H36BNO. The molecule has 1 N–H and O–H groups in total. The van der Waals surface area contributed by atoms with Crippen LogP contribution in [0.5, 0.6) is 0 Å². The highest BCUT2D eigenvalue weighted by Gasteiger charge is 2.53. The molecular weight excluding hydrogens is 473 g/mol. The van der Waals surface area contributed by atoms with E-state index in [0.717, 1.165) is 12.8 Å². The molecule has 1 saturated carbocycles. The molecule has 5 aromatic rings. The Balaban J connectivity index is 1.33. The fraction of sp³-hybridized carbons (Fsp3) is 0.278. The Hall–Kier alpha value is -3.40. The quantitative estimate of drug-likeness (QED) is 0.240. The Morgan fingerprint density at radius 3 is 1.74 bits per heavy atom. The van der Waals surface area contributed by atoms with Crippen molar-refractivity contribution < 1.29 is 4.65 Å². The molecule has 0 radical (unpaired) electrons. The van der Waals surface area contributed by atoms with Gasteiger partial charge in [0.1, 0.15) is 0 Å². The molecule has 2 nitrogen and oxygen atoms in total. The minimum absolute atomic E-state index is 0.0981. The topological polar surface area (TPSA) is 21.3 Å². The fourth-order valence-electron chi connectivity index (χ4n) is 7.24. The van der Waals surface area contributed by atoms with Gasteiger partial charge in [-0.05, 0) is 56.9 Å². The average Bonchev–Trinajstić information content (AvgIpc) is 3.36. The first-order valence-electron chi connectivity index (χ1n) is 14.7. The lowest BCUT2D eigenvalue weighted by Gasteiger charge is -2.41. The van der Waals surface area contributed by atoms with Crippen molar-refractivity contribution in [3.63, 3.8) is 0 Å². The first-order valence-corrected chi connectivity index (χ1v) is 14.7. The van der Waals surface area contributed by atoms with Crippen LogP contribution in [0.4, 0.5) is 0 Å². The van der Waals surface area contributed by atoms with Crippen LogP contribution in [0.15, 0.2) is 115 Å². The third-order valence-corrected chi connectivity index (χ3v) is 9.11. The van der Waals surface area contributed by atoms with E-state index < -0.39 is 0 Å². The van der Waals surface area contributed by atoms with Crippen LogP contribution in [0.1, 0.15) is 43.2 Å². The maximum Gasteiger partial charge on any atom is 0.416 e. The van der Waals surface area contributed by atoms with Crippen molar-refractivity contribution in [1.82, 2.24) is 5.23 Å². The third-order valence-electron chi connectivity index (χ3n) is 9.11. The summed E-state index contributed by atoms with van der Waals surface area (Å²) in [5.74, 6) is 0.619. The Kier molecular flexibility index (Phi) is 6.72. The molecule has 194 valence electrons. The number of nitrogens with one attached hydrogen (secondary N) is 1. The molecule has 0 spiro atoms. The summed E-state index contributed by atoms with van der Waals surface area (Å²) >= 11 is 0. The summed E-state index contributed by atoms with van der Waals surface area (Å²) in [4.78, 5) is 0. The molecule has 0 aromatic heterocycles. The maximum atomic E-state index is 7.32. The molecule has 0 bridgehead atoms. The van der Waals surface area contributed by atoms with Gasteiger partial charge < -0.3 is 9.88 Å². The van der Waals surface area contributed by atoms with Gasteiger partial charge in [0.2, 0.25) is 0 Å². The minimum atomic E-state index is -0.340. The van der Waals surface area contributed by atoms with Crippen LogP contribution in [-0.2, 0) is 17.5 Å². The highest BCUT2D eigenvalue weighted by molar-refractivity contribution is 6.65. The fourth-order valence-corrected chi connectivity index (χ4v) is 7.24. The summed E-state index contributed by atoms with van der Waals surface area (Å²) in [5.41, 5.74) is 3.58. The van der Waals surface area contributed by atoms with Gasteiger partial charge in [-0.2, -0.15) is 0 Å². The molecule has 39 heavy (non-hydrogen) atoms. The molecule has 1 unspecified atom stereocenters. The highest BCUT2D eigenvalue weighted by atomic mass is 16.5. The lowest BCUT2D eigenvalue weighted by Crippen LogP contribution is -2.52. The number of rotatable bonds is 6. The second-order valence-electron chi connectivity index (χ2n) is 11.7. The summed E-state index contributed by atoms with van der Waals surface area (Å²) in [5, 5.41) is 9.25. The van der Waals surface area contributed by atoms with E-state index in [2.05, 4.69) is 120 Å².